The largest absolute Gasteiger partial charge is 0.480 e. The summed E-state index contributed by atoms with van der Waals surface area (Å²) in [5, 5.41) is 8.98. The Morgan fingerprint density at radius 1 is 1.53 bits per heavy atom. The van der Waals surface area contributed by atoms with E-state index in [1.54, 1.807) is 0 Å². The number of imide groups is 1. The van der Waals surface area contributed by atoms with Crippen LogP contribution in [0.25, 0.3) is 0 Å². The Morgan fingerprint density at radius 3 is 2.53 bits per heavy atom. The van der Waals surface area contributed by atoms with Crippen molar-refractivity contribution in [3.63, 3.8) is 0 Å². The van der Waals surface area contributed by atoms with Gasteiger partial charge in [-0.3, -0.25) is 14.5 Å². The molecular formula is C10H16N2O5. The lowest BCUT2D eigenvalue weighted by Gasteiger charge is -2.31. The van der Waals surface area contributed by atoms with E-state index in [4.69, 9.17) is 5.11 Å². The molecule has 1 saturated heterocycles. The van der Waals surface area contributed by atoms with E-state index in [9.17, 15) is 14.4 Å². The van der Waals surface area contributed by atoms with E-state index in [-0.39, 0.29) is 19.7 Å². The van der Waals surface area contributed by atoms with Gasteiger partial charge in [0.1, 0.15) is 12.1 Å². The lowest BCUT2D eigenvalue weighted by Crippen LogP contribution is -2.52. The summed E-state index contributed by atoms with van der Waals surface area (Å²) >= 11 is 0. The van der Waals surface area contributed by atoms with Crippen molar-refractivity contribution >= 4 is 18.0 Å². The van der Waals surface area contributed by atoms with Crippen molar-refractivity contribution in [2.45, 2.75) is 19.4 Å². The highest BCUT2D eigenvalue weighted by molar-refractivity contribution is 5.94. The van der Waals surface area contributed by atoms with Crippen LogP contribution in [-0.2, 0) is 14.3 Å². The number of likely N-dealkylation sites (N-methyl/N-ethyl adjacent to an activating group) is 1. The van der Waals surface area contributed by atoms with Gasteiger partial charge in [-0.15, -0.1) is 0 Å². The second kappa shape index (κ2) is 4.70. The molecule has 2 amide bonds. The third-order valence-corrected chi connectivity index (χ3v) is 2.91. The van der Waals surface area contributed by atoms with Crippen molar-refractivity contribution in [1.29, 1.82) is 0 Å². The quantitative estimate of drug-likeness (QED) is 0.734. The average molecular weight is 244 g/mol. The van der Waals surface area contributed by atoms with Crippen LogP contribution in [0.2, 0.25) is 0 Å². The van der Waals surface area contributed by atoms with Crippen molar-refractivity contribution in [2.75, 3.05) is 26.7 Å². The number of hydrogen-bond donors (Lipinski definition) is 1. The summed E-state index contributed by atoms with van der Waals surface area (Å²) in [6.45, 7) is 3.25. The maximum Gasteiger partial charge on any atom is 0.416 e. The van der Waals surface area contributed by atoms with Crippen molar-refractivity contribution in [2.24, 2.45) is 0 Å². The molecule has 1 N–H and O–H groups in total. The Labute approximate surface area is 98.9 Å². The number of aliphatic carboxylic acids is 1. The zero-order valence-electron chi connectivity index (χ0n) is 10.1. The number of carbonyl (C=O) groups is 3. The van der Waals surface area contributed by atoms with Gasteiger partial charge in [0.25, 0.3) is 0 Å². The summed E-state index contributed by atoms with van der Waals surface area (Å²) in [6.07, 6.45) is -0.670. The Morgan fingerprint density at radius 2 is 2.12 bits per heavy atom. The summed E-state index contributed by atoms with van der Waals surface area (Å²) in [7, 11) is 1.52. The molecule has 1 fully saturated rings. The predicted molar refractivity (Wildman–Crippen MR) is 57.4 cm³/mol. The number of hydrogen-bond acceptors (Lipinski definition) is 5. The van der Waals surface area contributed by atoms with Gasteiger partial charge in [-0.1, -0.05) is 0 Å². The second-order valence-corrected chi connectivity index (χ2v) is 4.38. The number of carboxylic acids is 1. The molecule has 96 valence electrons. The predicted octanol–water partition coefficient (Wildman–Crippen LogP) is -0.240. The lowest BCUT2D eigenvalue weighted by atomic mass is 10.0. The summed E-state index contributed by atoms with van der Waals surface area (Å²) in [6, 6.07) is 0. The molecule has 0 aromatic heterocycles. The number of rotatable bonds is 4. The third kappa shape index (κ3) is 2.73. The van der Waals surface area contributed by atoms with Crippen molar-refractivity contribution in [3.8, 4) is 0 Å². The molecule has 0 aromatic rings. The number of cyclic esters (lactones) is 1. The first kappa shape index (κ1) is 13.4. The van der Waals surface area contributed by atoms with Gasteiger partial charge in [0, 0.05) is 0 Å². The molecule has 0 radical (unpaired) electrons. The number of carboxylic acid groups (broad SMARTS) is 1. The Balaban J connectivity index is 2.63. The fourth-order valence-electron chi connectivity index (χ4n) is 1.27. The van der Waals surface area contributed by atoms with Gasteiger partial charge in [-0.05, 0) is 20.9 Å². The zero-order valence-corrected chi connectivity index (χ0v) is 10.1. The van der Waals surface area contributed by atoms with E-state index in [1.807, 2.05) is 0 Å². The fraction of sp³-hybridized carbons (Fsp3) is 0.700. The summed E-state index contributed by atoms with van der Waals surface area (Å²) < 4.78 is 4.63. The summed E-state index contributed by atoms with van der Waals surface area (Å²) in [5.74, 6) is -1.49. The minimum absolute atomic E-state index is 0.144. The molecule has 0 bridgehead atoms. The maximum atomic E-state index is 11.7. The lowest BCUT2D eigenvalue weighted by molar-refractivity contribution is -0.149. The molecule has 1 aliphatic rings. The average Bonchev–Trinajstić information content (AvgIpc) is 2.63. The Bertz CT molecular complexity index is 353. The number of amides is 2. The molecular weight excluding hydrogens is 228 g/mol. The summed E-state index contributed by atoms with van der Waals surface area (Å²) in [5.41, 5.74) is -1.17. The van der Waals surface area contributed by atoms with E-state index in [0.29, 0.717) is 0 Å². The standard InChI is InChI=1S/C10H16N2O5/c1-10(2,8(14)15)11(3)6-7(13)12-4-5-17-9(12)16/h4-6H2,1-3H3,(H,14,15). The van der Waals surface area contributed by atoms with E-state index in [1.165, 1.54) is 25.8 Å². The van der Waals surface area contributed by atoms with Crippen molar-refractivity contribution < 1.29 is 24.2 Å². The molecule has 7 heteroatoms. The van der Waals surface area contributed by atoms with Crippen LogP contribution in [0, 0.1) is 0 Å². The van der Waals surface area contributed by atoms with Crippen LogP contribution >= 0.6 is 0 Å². The molecule has 17 heavy (non-hydrogen) atoms. The molecule has 0 spiro atoms. The first-order valence-corrected chi connectivity index (χ1v) is 5.18. The second-order valence-electron chi connectivity index (χ2n) is 4.38. The molecule has 0 aliphatic carbocycles. The van der Waals surface area contributed by atoms with Crippen LogP contribution < -0.4 is 0 Å². The van der Waals surface area contributed by atoms with Crippen LogP contribution in [0.15, 0.2) is 0 Å². The van der Waals surface area contributed by atoms with Gasteiger partial charge < -0.3 is 9.84 Å². The first-order valence-electron chi connectivity index (χ1n) is 5.18. The van der Waals surface area contributed by atoms with Gasteiger partial charge in [0.2, 0.25) is 5.91 Å². The van der Waals surface area contributed by atoms with E-state index in [0.717, 1.165) is 4.90 Å². The highest BCUT2D eigenvalue weighted by atomic mass is 16.6. The zero-order chi connectivity index (χ0) is 13.2. The van der Waals surface area contributed by atoms with Crippen LogP contribution in [0.5, 0.6) is 0 Å². The molecule has 7 nitrogen and oxygen atoms in total. The van der Waals surface area contributed by atoms with Gasteiger partial charge in [-0.25, -0.2) is 9.69 Å². The molecule has 0 saturated carbocycles. The SMILES string of the molecule is CN(CC(=O)N1CCOC1=O)C(C)(C)C(=O)O. The monoisotopic (exact) mass is 244 g/mol. The molecule has 1 aliphatic heterocycles. The van der Waals surface area contributed by atoms with E-state index >= 15 is 0 Å². The molecule has 0 unspecified atom stereocenters. The molecule has 0 atom stereocenters. The smallest absolute Gasteiger partial charge is 0.416 e. The Hall–Kier alpha value is -1.63. The highest BCUT2D eigenvalue weighted by Crippen LogP contribution is 2.13. The van der Waals surface area contributed by atoms with Gasteiger partial charge in [0.05, 0.1) is 13.1 Å². The number of nitrogens with zero attached hydrogens (tertiary/aromatic N) is 2. The van der Waals surface area contributed by atoms with Crippen molar-refractivity contribution in [1.82, 2.24) is 9.80 Å². The van der Waals surface area contributed by atoms with Crippen LogP contribution in [0.4, 0.5) is 4.79 Å². The minimum Gasteiger partial charge on any atom is -0.480 e. The third-order valence-electron chi connectivity index (χ3n) is 2.91. The number of carbonyl (C=O) groups excluding carboxylic acids is 2. The molecule has 0 aromatic carbocycles. The molecule has 1 rings (SSSR count). The van der Waals surface area contributed by atoms with Gasteiger partial charge in [0.15, 0.2) is 0 Å². The van der Waals surface area contributed by atoms with Crippen molar-refractivity contribution in [3.05, 3.63) is 0 Å². The maximum absolute atomic E-state index is 11.7. The van der Waals surface area contributed by atoms with Crippen LogP contribution in [0.3, 0.4) is 0 Å². The van der Waals surface area contributed by atoms with E-state index < -0.39 is 23.5 Å². The topological polar surface area (TPSA) is 87.2 Å². The van der Waals surface area contributed by atoms with Crippen LogP contribution in [-0.4, -0.2) is 65.2 Å². The van der Waals surface area contributed by atoms with Crippen LogP contribution in [0.1, 0.15) is 13.8 Å². The minimum atomic E-state index is -1.17. The summed E-state index contributed by atoms with van der Waals surface area (Å²) in [4.78, 5) is 36.2. The van der Waals surface area contributed by atoms with Gasteiger partial charge >= 0.3 is 12.1 Å². The first-order chi connectivity index (χ1) is 7.76. The highest BCUT2D eigenvalue weighted by Gasteiger charge is 2.36. The fourth-order valence-corrected chi connectivity index (χ4v) is 1.27. The Kier molecular flexibility index (Phi) is 3.72. The van der Waals surface area contributed by atoms with Gasteiger partial charge in [-0.2, -0.15) is 0 Å². The normalized spacial score (nSPS) is 16.2. The number of ether oxygens (including phenoxy) is 1. The molecule has 1 heterocycles. The van der Waals surface area contributed by atoms with E-state index in [2.05, 4.69) is 4.74 Å².